The third kappa shape index (κ3) is 5.03. The van der Waals surface area contributed by atoms with Gasteiger partial charge in [0, 0.05) is 17.2 Å². The van der Waals surface area contributed by atoms with Crippen LogP contribution in [-0.4, -0.2) is 49.6 Å². The maximum Gasteiger partial charge on any atom is 0.346 e. The Labute approximate surface area is 234 Å². The van der Waals surface area contributed by atoms with Crippen LogP contribution in [-0.2, 0) is 23.9 Å². The zero-order valence-corrected chi connectivity index (χ0v) is 23.8. The van der Waals surface area contributed by atoms with Gasteiger partial charge in [-0.15, -0.1) is 0 Å². The van der Waals surface area contributed by atoms with Crippen LogP contribution in [0.15, 0.2) is 68.7 Å². The Hall–Kier alpha value is -3.34. The van der Waals surface area contributed by atoms with E-state index in [1.807, 2.05) is 62.4 Å². The Balaban J connectivity index is 1.77. The molecule has 0 N–H and O–H groups in total. The monoisotopic (exact) mass is 567 g/mol. The highest BCUT2D eigenvalue weighted by Gasteiger charge is 2.45. The second kappa shape index (κ2) is 11.2. The van der Waals surface area contributed by atoms with E-state index in [1.165, 1.54) is 20.3 Å². The SMILES string of the molecule is COC(=O)C1=C(C(=O)OC)SC(=C2C(=S)C(C)(C)N(C(=O)/C=C/c3ccc(OC)cc3)c3ccccc32)S1. The standard InChI is InChI=1S/C28H25NO6S3/c1-28(2)24(36)21(27-37-22(25(31)34-4)23(38-27)26(32)35-5)18-8-6-7-9-19(18)29(28)20(30)15-12-16-10-13-17(33-3)14-11-16/h6-15H,1-5H3/b15-12+. The molecule has 0 fully saturated rings. The first kappa shape index (κ1) is 27.7. The first-order chi connectivity index (χ1) is 18.1. The molecule has 0 aliphatic carbocycles. The Morgan fingerprint density at radius 1 is 0.895 bits per heavy atom. The van der Waals surface area contributed by atoms with Gasteiger partial charge in [-0.1, -0.05) is 66.1 Å². The van der Waals surface area contributed by atoms with E-state index in [0.717, 1.165) is 40.4 Å². The van der Waals surface area contributed by atoms with Crippen molar-refractivity contribution < 1.29 is 28.6 Å². The van der Waals surface area contributed by atoms with Crippen molar-refractivity contribution >= 4 is 75.8 Å². The number of carbonyl (C=O) groups excluding carboxylic acids is 3. The lowest BCUT2D eigenvalue weighted by Gasteiger charge is -2.44. The number of hydrogen-bond donors (Lipinski definition) is 0. The highest BCUT2D eigenvalue weighted by Crippen LogP contribution is 2.56. The molecule has 0 radical (unpaired) electrons. The summed E-state index contributed by atoms with van der Waals surface area (Å²) in [6.45, 7) is 3.76. The predicted octanol–water partition coefficient (Wildman–Crippen LogP) is 5.61. The maximum atomic E-state index is 13.6. The van der Waals surface area contributed by atoms with Gasteiger partial charge >= 0.3 is 11.9 Å². The van der Waals surface area contributed by atoms with E-state index in [-0.39, 0.29) is 15.7 Å². The van der Waals surface area contributed by atoms with Gasteiger partial charge in [-0.2, -0.15) is 0 Å². The zero-order chi connectivity index (χ0) is 27.6. The second-order valence-corrected chi connectivity index (χ2v) is 11.4. The molecule has 0 unspecified atom stereocenters. The average molecular weight is 568 g/mol. The van der Waals surface area contributed by atoms with Gasteiger partial charge in [0.15, 0.2) is 0 Å². The number of carbonyl (C=O) groups is 3. The van der Waals surface area contributed by atoms with Crippen molar-refractivity contribution in [3.8, 4) is 5.75 Å². The van der Waals surface area contributed by atoms with Crippen molar-refractivity contribution in [2.24, 2.45) is 0 Å². The highest BCUT2D eigenvalue weighted by atomic mass is 32.2. The number of benzene rings is 2. The highest BCUT2D eigenvalue weighted by molar-refractivity contribution is 8.29. The number of fused-ring (bicyclic) bond motifs is 1. The molecule has 7 nitrogen and oxygen atoms in total. The summed E-state index contributed by atoms with van der Waals surface area (Å²) in [5.74, 6) is -0.769. The van der Waals surface area contributed by atoms with Crippen LogP contribution in [0.25, 0.3) is 11.6 Å². The molecule has 0 atom stereocenters. The van der Waals surface area contributed by atoms with Gasteiger partial charge in [-0.25, -0.2) is 9.59 Å². The van der Waals surface area contributed by atoms with E-state index in [1.54, 1.807) is 18.1 Å². The minimum absolute atomic E-state index is 0.144. The molecule has 2 heterocycles. The zero-order valence-electron chi connectivity index (χ0n) is 21.4. The summed E-state index contributed by atoms with van der Waals surface area (Å²) in [7, 11) is 4.11. The molecule has 2 aliphatic rings. The lowest BCUT2D eigenvalue weighted by Crippen LogP contribution is -2.55. The van der Waals surface area contributed by atoms with Crippen LogP contribution in [0, 0.1) is 0 Å². The summed E-state index contributed by atoms with van der Waals surface area (Å²) in [5, 5.41) is 0. The van der Waals surface area contributed by atoms with Gasteiger partial charge in [0.2, 0.25) is 0 Å². The quantitative estimate of drug-likeness (QED) is 0.260. The maximum absolute atomic E-state index is 13.6. The van der Waals surface area contributed by atoms with Crippen molar-refractivity contribution in [2.75, 3.05) is 26.2 Å². The van der Waals surface area contributed by atoms with Crippen LogP contribution in [0.5, 0.6) is 5.75 Å². The van der Waals surface area contributed by atoms with Gasteiger partial charge in [0.05, 0.1) is 41.7 Å². The number of amides is 1. The minimum atomic E-state index is -0.895. The van der Waals surface area contributed by atoms with Crippen molar-refractivity contribution in [1.82, 2.24) is 0 Å². The fourth-order valence-electron chi connectivity index (χ4n) is 4.12. The molecule has 38 heavy (non-hydrogen) atoms. The van der Waals surface area contributed by atoms with Crippen LogP contribution >= 0.6 is 35.7 Å². The number of para-hydroxylation sites is 1. The first-order valence-corrected chi connectivity index (χ1v) is 13.5. The fraction of sp³-hybridized carbons (Fsp3) is 0.214. The molecule has 4 rings (SSSR count). The largest absolute Gasteiger partial charge is 0.497 e. The fourth-order valence-corrected chi connectivity index (χ4v) is 7.15. The molecule has 0 spiro atoms. The number of thiocarbonyl (C=S) groups is 1. The van der Waals surface area contributed by atoms with Crippen LogP contribution < -0.4 is 9.64 Å². The van der Waals surface area contributed by atoms with E-state index >= 15 is 0 Å². The molecule has 1 amide bonds. The van der Waals surface area contributed by atoms with Crippen LogP contribution in [0.1, 0.15) is 25.0 Å². The van der Waals surface area contributed by atoms with Crippen molar-refractivity contribution in [3.05, 3.63) is 79.8 Å². The topological polar surface area (TPSA) is 82.1 Å². The lowest BCUT2D eigenvalue weighted by atomic mass is 9.83. The summed E-state index contributed by atoms with van der Waals surface area (Å²) in [4.78, 5) is 41.0. The number of rotatable bonds is 5. The molecule has 10 heteroatoms. The minimum Gasteiger partial charge on any atom is -0.497 e. The molecule has 196 valence electrons. The molecular weight excluding hydrogens is 543 g/mol. The molecular formula is C28H25NO6S3. The summed E-state index contributed by atoms with van der Waals surface area (Å²) in [5.41, 5.74) is 2.05. The molecule has 0 saturated heterocycles. The Bertz CT molecular complexity index is 1390. The molecule has 0 saturated carbocycles. The number of thioether (sulfide) groups is 2. The second-order valence-electron chi connectivity index (χ2n) is 8.69. The number of anilines is 1. The van der Waals surface area contributed by atoms with Crippen molar-refractivity contribution in [2.45, 2.75) is 19.4 Å². The van der Waals surface area contributed by atoms with Crippen LogP contribution in [0.3, 0.4) is 0 Å². The van der Waals surface area contributed by atoms with Gasteiger partial charge in [0.1, 0.15) is 15.6 Å². The van der Waals surface area contributed by atoms with E-state index in [0.29, 0.717) is 20.4 Å². The molecule has 2 aromatic carbocycles. The van der Waals surface area contributed by atoms with Crippen molar-refractivity contribution in [1.29, 1.82) is 0 Å². The third-order valence-corrected chi connectivity index (χ3v) is 9.31. The molecule has 2 aliphatic heterocycles. The van der Waals surface area contributed by atoms with Crippen LogP contribution in [0.2, 0.25) is 0 Å². The van der Waals surface area contributed by atoms with Gasteiger partial charge in [0.25, 0.3) is 5.91 Å². The smallest absolute Gasteiger partial charge is 0.346 e. The van der Waals surface area contributed by atoms with Crippen LogP contribution in [0.4, 0.5) is 5.69 Å². The number of ether oxygens (including phenoxy) is 3. The first-order valence-electron chi connectivity index (χ1n) is 11.5. The summed E-state index contributed by atoms with van der Waals surface area (Å²) >= 11 is 8.22. The summed E-state index contributed by atoms with van der Waals surface area (Å²) in [6.07, 6.45) is 3.27. The molecule has 0 aromatic heterocycles. The Kier molecular flexibility index (Phi) is 8.15. The average Bonchev–Trinajstić information content (AvgIpc) is 3.36. The Morgan fingerprint density at radius 3 is 2.03 bits per heavy atom. The normalized spacial score (nSPS) is 16.6. The van der Waals surface area contributed by atoms with Gasteiger partial charge in [-0.05, 0) is 43.7 Å². The predicted molar refractivity (Wildman–Crippen MR) is 156 cm³/mol. The molecule has 2 aromatic rings. The third-order valence-electron chi connectivity index (χ3n) is 6.05. The van der Waals surface area contributed by atoms with E-state index in [4.69, 9.17) is 26.4 Å². The number of hydrogen-bond acceptors (Lipinski definition) is 9. The summed E-state index contributed by atoms with van der Waals surface area (Å²) in [6, 6.07) is 14.8. The van der Waals surface area contributed by atoms with Gasteiger partial charge < -0.3 is 14.2 Å². The van der Waals surface area contributed by atoms with E-state index < -0.39 is 17.5 Å². The van der Waals surface area contributed by atoms with Crippen molar-refractivity contribution in [3.63, 3.8) is 0 Å². The summed E-state index contributed by atoms with van der Waals surface area (Å²) < 4.78 is 15.6. The number of nitrogens with zero attached hydrogens (tertiary/aromatic N) is 1. The van der Waals surface area contributed by atoms with Gasteiger partial charge in [-0.3, -0.25) is 9.69 Å². The number of esters is 2. The lowest BCUT2D eigenvalue weighted by molar-refractivity contribution is -0.138. The Morgan fingerprint density at radius 2 is 1.47 bits per heavy atom. The number of methoxy groups -OCH3 is 3. The van der Waals surface area contributed by atoms with E-state index in [2.05, 4.69) is 0 Å². The molecule has 0 bridgehead atoms. The van der Waals surface area contributed by atoms with E-state index in [9.17, 15) is 14.4 Å².